The summed E-state index contributed by atoms with van der Waals surface area (Å²) < 4.78 is 12.6. The second kappa shape index (κ2) is 12.5. The third-order valence-electron chi connectivity index (χ3n) is 5.32. The van der Waals surface area contributed by atoms with Crippen LogP contribution in [-0.2, 0) is 34.5 Å². The van der Waals surface area contributed by atoms with Crippen molar-refractivity contribution in [1.82, 2.24) is 14.4 Å². The van der Waals surface area contributed by atoms with E-state index in [0.717, 1.165) is 11.3 Å². The minimum absolute atomic E-state index is 0.0210. The molecular formula is C26H31N3O4. The van der Waals surface area contributed by atoms with Crippen molar-refractivity contribution in [2.75, 3.05) is 26.8 Å². The fourth-order valence-corrected chi connectivity index (χ4v) is 3.45. The molecular weight excluding hydrogens is 418 g/mol. The number of hydrogen-bond donors (Lipinski definition) is 0. The Balaban J connectivity index is 1.73. The Bertz CT molecular complexity index is 1030. The molecule has 0 unspecified atom stereocenters. The summed E-state index contributed by atoms with van der Waals surface area (Å²) >= 11 is 0. The molecule has 0 bridgehead atoms. The molecule has 0 radical (unpaired) electrons. The highest BCUT2D eigenvalue weighted by Crippen LogP contribution is 2.13. The van der Waals surface area contributed by atoms with E-state index < -0.39 is 0 Å². The van der Waals surface area contributed by atoms with Crippen molar-refractivity contribution in [2.24, 2.45) is 7.05 Å². The predicted molar refractivity (Wildman–Crippen MR) is 127 cm³/mol. The summed E-state index contributed by atoms with van der Waals surface area (Å²) in [7, 11) is 3.57. The number of methoxy groups -OCH3 is 1. The quantitative estimate of drug-likeness (QED) is 0.312. The Morgan fingerprint density at radius 2 is 1.85 bits per heavy atom. The molecule has 0 N–H and O–H groups in total. The maximum Gasteiger partial charge on any atom is 0.247 e. The number of ether oxygens (including phenoxy) is 1. The van der Waals surface area contributed by atoms with E-state index in [1.807, 2.05) is 66.3 Å². The number of carbonyl (C=O) groups excluding carboxylic acids is 2. The van der Waals surface area contributed by atoms with Crippen molar-refractivity contribution < 1.29 is 18.7 Å². The molecule has 0 saturated heterocycles. The van der Waals surface area contributed by atoms with Gasteiger partial charge in [-0.2, -0.15) is 0 Å². The van der Waals surface area contributed by atoms with E-state index in [-0.39, 0.29) is 18.4 Å². The number of nitrogens with zero attached hydrogens (tertiary/aromatic N) is 3. The summed E-state index contributed by atoms with van der Waals surface area (Å²) in [5.41, 5.74) is 1.92. The van der Waals surface area contributed by atoms with Gasteiger partial charge in [0.05, 0.1) is 19.4 Å². The number of carbonyl (C=O) groups is 2. The summed E-state index contributed by atoms with van der Waals surface area (Å²) in [5.74, 6) is 0.338. The van der Waals surface area contributed by atoms with Crippen LogP contribution in [0.2, 0.25) is 0 Å². The van der Waals surface area contributed by atoms with Crippen molar-refractivity contribution in [3.8, 4) is 0 Å². The molecule has 2 heterocycles. The molecule has 174 valence electrons. The van der Waals surface area contributed by atoms with Gasteiger partial charge in [0.2, 0.25) is 11.8 Å². The van der Waals surface area contributed by atoms with Crippen LogP contribution in [0.1, 0.15) is 23.4 Å². The third kappa shape index (κ3) is 7.50. The minimum Gasteiger partial charge on any atom is -0.467 e. The van der Waals surface area contributed by atoms with Gasteiger partial charge in [-0.15, -0.1) is 0 Å². The zero-order valence-electron chi connectivity index (χ0n) is 19.2. The molecule has 2 aromatic heterocycles. The lowest BCUT2D eigenvalue weighted by Gasteiger charge is -2.27. The van der Waals surface area contributed by atoms with E-state index in [2.05, 4.69) is 0 Å². The molecule has 33 heavy (non-hydrogen) atoms. The smallest absolute Gasteiger partial charge is 0.247 e. The van der Waals surface area contributed by atoms with Crippen molar-refractivity contribution in [1.29, 1.82) is 0 Å². The van der Waals surface area contributed by atoms with Crippen LogP contribution in [-0.4, -0.2) is 53.0 Å². The van der Waals surface area contributed by atoms with E-state index in [4.69, 9.17) is 9.15 Å². The van der Waals surface area contributed by atoms with Crippen LogP contribution in [0.3, 0.4) is 0 Å². The van der Waals surface area contributed by atoms with Crippen LogP contribution >= 0.6 is 0 Å². The van der Waals surface area contributed by atoms with Crippen molar-refractivity contribution in [3.63, 3.8) is 0 Å². The number of aryl methyl sites for hydroxylation is 1. The molecule has 2 amide bonds. The Morgan fingerprint density at radius 3 is 2.52 bits per heavy atom. The Hall–Kier alpha value is -3.58. The standard InChI is InChI=1S/C26H31N3O4/c1-27-15-6-11-23(27)19-29(20-24-12-7-18-33-24)26(31)21-28(16-8-17-32-2)25(30)14-13-22-9-4-3-5-10-22/h3-7,9-15,18H,8,16-17,19-21H2,1-2H3. The molecule has 1 aromatic carbocycles. The molecule has 3 aromatic rings. The molecule has 0 aliphatic rings. The van der Waals surface area contributed by atoms with E-state index in [1.165, 1.54) is 6.08 Å². The Kier molecular flexibility index (Phi) is 9.08. The van der Waals surface area contributed by atoms with Gasteiger partial charge < -0.3 is 23.5 Å². The molecule has 7 nitrogen and oxygen atoms in total. The summed E-state index contributed by atoms with van der Waals surface area (Å²) in [6.07, 6.45) is 7.46. The van der Waals surface area contributed by atoms with Crippen LogP contribution in [0.4, 0.5) is 0 Å². The highest BCUT2D eigenvalue weighted by molar-refractivity contribution is 5.94. The van der Waals surface area contributed by atoms with Crippen LogP contribution < -0.4 is 0 Å². The number of hydrogen-bond acceptors (Lipinski definition) is 4. The van der Waals surface area contributed by atoms with Crippen LogP contribution in [0.5, 0.6) is 0 Å². The summed E-state index contributed by atoms with van der Waals surface area (Å²) in [6.45, 7) is 1.67. The first kappa shape index (κ1) is 24.1. The number of rotatable bonds is 12. The normalized spacial score (nSPS) is 11.1. The summed E-state index contributed by atoms with van der Waals surface area (Å²) in [5, 5.41) is 0. The minimum atomic E-state index is -0.208. The molecule has 0 aliphatic heterocycles. The van der Waals surface area contributed by atoms with Gasteiger partial charge in [0.25, 0.3) is 0 Å². The van der Waals surface area contributed by atoms with Gasteiger partial charge >= 0.3 is 0 Å². The molecule has 0 atom stereocenters. The van der Waals surface area contributed by atoms with Gasteiger partial charge in [0.15, 0.2) is 0 Å². The first-order chi connectivity index (χ1) is 16.1. The molecule has 0 saturated carbocycles. The van der Waals surface area contributed by atoms with Crippen LogP contribution in [0, 0.1) is 0 Å². The lowest BCUT2D eigenvalue weighted by Crippen LogP contribution is -2.42. The number of amides is 2. The zero-order valence-corrected chi connectivity index (χ0v) is 19.2. The maximum absolute atomic E-state index is 13.4. The van der Waals surface area contributed by atoms with E-state index in [9.17, 15) is 9.59 Å². The second-order valence-electron chi connectivity index (χ2n) is 7.79. The average Bonchev–Trinajstić information content (AvgIpc) is 3.49. The largest absolute Gasteiger partial charge is 0.467 e. The highest BCUT2D eigenvalue weighted by atomic mass is 16.5. The van der Waals surface area contributed by atoms with E-state index in [0.29, 0.717) is 38.4 Å². The van der Waals surface area contributed by atoms with Crippen LogP contribution in [0.25, 0.3) is 6.08 Å². The fourth-order valence-electron chi connectivity index (χ4n) is 3.45. The first-order valence-corrected chi connectivity index (χ1v) is 11.0. The summed E-state index contributed by atoms with van der Waals surface area (Å²) in [6, 6.07) is 17.2. The van der Waals surface area contributed by atoms with Gasteiger partial charge in [-0.25, -0.2) is 0 Å². The van der Waals surface area contributed by atoms with Crippen molar-refractivity contribution in [2.45, 2.75) is 19.5 Å². The van der Waals surface area contributed by atoms with Gasteiger partial charge in [0.1, 0.15) is 12.3 Å². The van der Waals surface area contributed by atoms with Gasteiger partial charge in [-0.3, -0.25) is 9.59 Å². The Labute approximate surface area is 194 Å². The van der Waals surface area contributed by atoms with Gasteiger partial charge in [-0.1, -0.05) is 30.3 Å². The monoisotopic (exact) mass is 449 g/mol. The molecule has 0 fully saturated rings. The van der Waals surface area contributed by atoms with E-state index in [1.54, 1.807) is 35.3 Å². The zero-order chi connectivity index (χ0) is 23.5. The number of furan rings is 1. The highest BCUT2D eigenvalue weighted by Gasteiger charge is 2.22. The molecule has 0 aliphatic carbocycles. The topological polar surface area (TPSA) is 67.9 Å². The average molecular weight is 450 g/mol. The molecule has 7 heteroatoms. The Morgan fingerprint density at radius 1 is 1.03 bits per heavy atom. The number of aromatic nitrogens is 1. The second-order valence-corrected chi connectivity index (χ2v) is 7.79. The number of benzene rings is 1. The van der Waals surface area contributed by atoms with Crippen LogP contribution in [0.15, 0.2) is 77.6 Å². The SMILES string of the molecule is COCCCN(CC(=O)N(Cc1ccco1)Cc1cccn1C)C(=O)C=Cc1ccccc1. The first-order valence-electron chi connectivity index (χ1n) is 11.0. The van der Waals surface area contributed by atoms with Gasteiger partial charge in [-0.05, 0) is 42.3 Å². The predicted octanol–water partition coefficient (Wildman–Crippen LogP) is 3.73. The van der Waals surface area contributed by atoms with Crippen molar-refractivity contribution in [3.05, 3.63) is 90.2 Å². The van der Waals surface area contributed by atoms with Crippen molar-refractivity contribution >= 4 is 17.9 Å². The molecule has 3 rings (SSSR count). The molecule has 0 spiro atoms. The van der Waals surface area contributed by atoms with Gasteiger partial charge in [0, 0.05) is 45.3 Å². The van der Waals surface area contributed by atoms with E-state index >= 15 is 0 Å². The maximum atomic E-state index is 13.4. The third-order valence-corrected chi connectivity index (χ3v) is 5.32. The lowest BCUT2D eigenvalue weighted by molar-refractivity contribution is -0.139. The summed E-state index contributed by atoms with van der Waals surface area (Å²) in [4.78, 5) is 29.6. The fraction of sp³-hybridized carbons (Fsp3) is 0.308. The lowest BCUT2D eigenvalue weighted by atomic mass is 10.2.